The quantitative estimate of drug-likeness (QED) is 0.556. The average Bonchev–Trinajstić information content (AvgIpc) is 2.06. The van der Waals surface area contributed by atoms with Gasteiger partial charge in [-0.05, 0) is 12.1 Å². The van der Waals surface area contributed by atoms with Crippen molar-refractivity contribution in [1.82, 2.24) is 0 Å². The van der Waals surface area contributed by atoms with Crippen LogP contribution in [0, 0.1) is 0 Å². The van der Waals surface area contributed by atoms with Gasteiger partial charge in [0.25, 0.3) is 6.47 Å². The fourth-order valence-electron chi connectivity index (χ4n) is 0.736. The van der Waals surface area contributed by atoms with Crippen LogP contribution in [0.1, 0.15) is 0 Å². The van der Waals surface area contributed by atoms with E-state index in [0.717, 1.165) is 0 Å². The maximum absolute atomic E-state index is 11.1. The second-order valence-electron chi connectivity index (χ2n) is 2.06. The number of carbonyl (C=O) groups is 1. The Morgan fingerprint density at radius 2 is 1.92 bits per heavy atom. The largest absolute Gasteiger partial charge is 0.410 e. The number of carbonyl (C=O) groups excluding carboxylic acids is 1. The number of hydrogen-bond donors (Lipinski definition) is 1. The Kier molecular flexibility index (Phi) is 2.63. The van der Waals surface area contributed by atoms with E-state index in [2.05, 4.69) is 4.52 Å². The Labute approximate surface area is 69.3 Å². The van der Waals surface area contributed by atoms with E-state index in [1.807, 2.05) is 0 Å². The van der Waals surface area contributed by atoms with Crippen molar-refractivity contribution in [2.24, 2.45) is 0 Å². The summed E-state index contributed by atoms with van der Waals surface area (Å²) in [6, 6.07) is 7.72. The third-order valence-electron chi connectivity index (χ3n) is 1.27. The Morgan fingerprint density at radius 1 is 1.33 bits per heavy atom. The van der Waals surface area contributed by atoms with Crippen molar-refractivity contribution >= 4 is 19.4 Å². The fraction of sp³-hybridized carbons (Fsp3) is 0. The van der Waals surface area contributed by atoms with Crippen LogP contribution in [0.25, 0.3) is 0 Å². The highest BCUT2D eigenvalue weighted by Gasteiger charge is 2.22. The highest BCUT2D eigenvalue weighted by Crippen LogP contribution is 2.39. The van der Waals surface area contributed by atoms with Gasteiger partial charge in [0, 0.05) is 0 Å². The van der Waals surface area contributed by atoms with E-state index in [4.69, 9.17) is 4.89 Å². The molecule has 0 aromatic heterocycles. The molecule has 0 aliphatic carbocycles. The zero-order valence-electron chi connectivity index (χ0n) is 6.08. The lowest BCUT2D eigenvalue weighted by Crippen LogP contribution is -2.05. The van der Waals surface area contributed by atoms with Crippen molar-refractivity contribution in [3.8, 4) is 0 Å². The first-order valence-corrected chi connectivity index (χ1v) is 4.75. The SMILES string of the molecule is O=COP(=O)(O)c1ccccc1. The van der Waals surface area contributed by atoms with Gasteiger partial charge in [0.05, 0.1) is 5.30 Å². The number of benzene rings is 1. The van der Waals surface area contributed by atoms with Crippen LogP contribution in [-0.2, 0) is 13.9 Å². The lowest BCUT2D eigenvalue weighted by atomic mass is 10.4. The second kappa shape index (κ2) is 3.52. The first-order valence-electron chi connectivity index (χ1n) is 3.17. The molecule has 0 aliphatic heterocycles. The molecule has 1 aromatic rings. The van der Waals surface area contributed by atoms with Crippen molar-refractivity contribution in [3.05, 3.63) is 30.3 Å². The molecule has 1 rings (SSSR count). The first kappa shape index (κ1) is 8.97. The van der Waals surface area contributed by atoms with E-state index in [0.29, 0.717) is 0 Å². The minimum absolute atomic E-state index is 0.0340. The molecule has 12 heavy (non-hydrogen) atoms. The van der Waals surface area contributed by atoms with Gasteiger partial charge in [-0.15, -0.1) is 0 Å². The molecule has 4 nitrogen and oxygen atoms in total. The molecule has 0 saturated heterocycles. The molecule has 1 atom stereocenters. The number of hydrogen-bond acceptors (Lipinski definition) is 3. The van der Waals surface area contributed by atoms with Gasteiger partial charge >= 0.3 is 7.60 Å². The van der Waals surface area contributed by atoms with Crippen molar-refractivity contribution < 1.29 is 18.8 Å². The highest BCUT2D eigenvalue weighted by atomic mass is 31.2. The summed E-state index contributed by atoms with van der Waals surface area (Å²) in [5, 5.41) is 0.108. The predicted molar refractivity (Wildman–Crippen MR) is 43.1 cm³/mol. The molecule has 0 bridgehead atoms. The van der Waals surface area contributed by atoms with E-state index in [9.17, 15) is 9.36 Å². The normalized spacial score (nSPS) is 14.8. The maximum atomic E-state index is 11.1. The summed E-state index contributed by atoms with van der Waals surface area (Å²) in [6.07, 6.45) is 0. The maximum Gasteiger partial charge on any atom is 0.410 e. The molecule has 0 aliphatic rings. The zero-order chi connectivity index (χ0) is 9.03. The molecule has 0 amide bonds. The van der Waals surface area contributed by atoms with Crippen LogP contribution in [0.15, 0.2) is 30.3 Å². The fourth-order valence-corrected chi connectivity index (χ4v) is 1.52. The smallest absolute Gasteiger partial charge is 0.391 e. The van der Waals surface area contributed by atoms with Crippen molar-refractivity contribution in [2.45, 2.75) is 0 Å². The second-order valence-corrected chi connectivity index (χ2v) is 3.83. The number of rotatable bonds is 3. The highest BCUT2D eigenvalue weighted by molar-refractivity contribution is 7.61. The van der Waals surface area contributed by atoms with E-state index in [1.165, 1.54) is 12.1 Å². The van der Waals surface area contributed by atoms with Gasteiger partial charge < -0.3 is 9.42 Å². The van der Waals surface area contributed by atoms with Gasteiger partial charge in [0.15, 0.2) is 0 Å². The Morgan fingerprint density at radius 3 is 2.42 bits per heavy atom. The van der Waals surface area contributed by atoms with Gasteiger partial charge in [-0.1, -0.05) is 18.2 Å². The predicted octanol–water partition coefficient (Wildman–Crippen LogP) is 0.670. The van der Waals surface area contributed by atoms with Crippen molar-refractivity contribution in [2.75, 3.05) is 0 Å². The van der Waals surface area contributed by atoms with Crippen LogP contribution in [0.4, 0.5) is 0 Å². The summed E-state index contributed by atoms with van der Waals surface area (Å²) in [5.41, 5.74) is 0. The molecule has 1 aromatic carbocycles. The van der Waals surface area contributed by atoms with E-state index in [1.54, 1.807) is 18.2 Å². The van der Waals surface area contributed by atoms with Crippen LogP contribution >= 0.6 is 7.60 Å². The molecule has 64 valence electrons. The molecular weight excluding hydrogens is 179 g/mol. The van der Waals surface area contributed by atoms with Crippen LogP contribution in [0.2, 0.25) is 0 Å². The van der Waals surface area contributed by atoms with E-state index < -0.39 is 7.60 Å². The van der Waals surface area contributed by atoms with Gasteiger partial charge in [-0.25, -0.2) is 4.57 Å². The van der Waals surface area contributed by atoms with Crippen LogP contribution in [-0.4, -0.2) is 11.4 Å². The van der Waals surface area contributed by atoms with Crippen LogP contribution < -0.4 is 5.30 Å². The summed E-state index contributed by atoms with van der Waals surface area (Å²) in [6.45, 7) is -0.0340. The standard InChI is InChI=1S/C7H7O4P/c8-6-11-12(9,10)7-4-2-1-3-5-7/h1-6H,(H,9,10). The van der Waals surface area contributed by atoms with Gasteiger partial charge in [-0.2, -0.15) is 0 Å². The zero-order valence-corrected chi connectivity index (χ0v) is 6.98. The molecule has 5 heteroatoms. The van der Waals surface area contributed by atoms with Crippen molar-refractivity contribution in [3.63, 3.8) is 0 Å². The summed E-state index contributed by atoms with van der Waals surface area (Å²) in [7, 11) is -3.91. The van der Waals surface area contributed by atoms with Crippen molar-refractivity contribution in [1.29, 1.82) is 0 Å². The molecule has 0 fully saturated rings. The molecule has 1 unspecified atom stereocenters. The topological polar surface area (TPSA) is 63.6 Å². The minimum Gasteiger partial charge on any atom is -0.391 e. The molecule has 1 N–H and O–H groups in total. The lowest BCUT2D eigenvalue weighted by Gasteiger charge is -2.06. The third-order valence-corrected chi connectivity index (χ3v) is 2.59. The van der Waals surface area contributed by atoms with Crippen LogP contribution in [0.5, 0.6) is 0 Å². The molecule has 0 heterocycles. The van der Waals surface area contributed by atoms with E-state index in [-0.39, 0.29) is 11.8 Å². The third kappa shape index (κ3) is 1.94. The first-order chi connectivity index (χ1) is 5.67. The summed E-state index contributed by atoms with van der Waals surface area (Å²) in [4.78, 5) is 18.9. The minimum atomic E-state index is -3.91. The van der Waals surface area contributed by atoms with Gasteiger partial charge in [0.1, 0.15) is 0 Å². The van der Waals surface area contributed by atoms with E-state index >= 15 is 0 Å². The Hall–Kier alpha value is -1.12. The summed E-state index contributed by atoms with van der Waals surface area (Å²) >= 11 is 0. The molecule has 0 saturated carbocycles. The Bertz CT molecular complexity index is 308. The summed E-state index contributed by atoms with van der Waals surface area (Å²) < 4.78 is 15.2. The van der Waals surface area contributed by atoms with Gasteiger partial charge in [-0.3, -0.25) is 4.79 Å². The molecule has 0 radical (unpaired) electrons. The Balaban J connectivity index is 2.98. The average molecular weight is 186 g/mol. The monoisotopic (exact) mass is 186 g/mol. The van der Waals surface area contributed by atoms with Gasteiger partial charge in [0.2, 0.25) is 0 Å². The molecular formula is C7H7O4P. The molecule has 0 spiro atoms. The lowest BCUT2D eigenvalue weighted by molar-refractivity contribution is -0.120. The summed E-state index contributed by atoms with van der Waals surface area (Å²) in [5.74, 6) is 0. The van der Waals surface area contributed by atoms with Crippen LogP contribution in [0.3, 0.4) is 0 Å².